The third-order valence-corrected chi connectivity index (χ3v) is 8.40. The summed E-state index contributed by atoms with van der Waals surface area (Å²) in [6, 6.07) is 18.0. The molecule has 0 aliphatic carbocycles. The normalized spacial score (nSPS) is 15.8. The lowest BCUT2D eigenvalue weighted by atomic mass is 10.1. The van der Waals surface area contributed by atoms with Gasteiger partial charge >= 0.3 is 0 Å². The molecule has 0 spiro atoms. The molecule has 3 aromatic rings. The van der Waals surface area contributed by atoms with Crippen molar-refractivity contribution in [1.29, 1.82) is 0 Å². The highest BCUT2D eigenvalue weighted by Crippen LogP contribution is 2.35. The van der Waals surface area contributed by atoms with E-state index in [2.05, 4.69) is 64.8 Å². The zero-order valence-corrected chi connectivity index (χ0v) is 23.9. The fraction of sp³-hybridized carbons (Fsp3) is 0.120. The SMILES string of the molecule is Cc1cc(N=C2NC(=O)/C(=C/c3cc(Br)c(OCc4ccccc4)c(I)c3)S2)cc(C)c1Br. The van der Waals surface area contributed by atoms with Crippen molar-refractivity contribution >= 4 is 89.1 Å². The lowest BCUT2D eigenvalue weighted by molar-refractivity contribution is -0.115. The summed E-state index contributed by atoms with van der Waals surface area (Å²) in [5.74, 6) is 0.633. The Kier molecular flexibility index (Phi) is 7.99. The Balaban J connectivity index is 1.52. The molecule has 1 heterocycles. The molecule has 1 amide bonds. The van der Waals surface area contributed by atoms with E-state index in [9.17, 15) is 4.79 Å². The second-order valence-corrected chi connectivity index (χ2v) is 11.3. The highest BCUT2D eigenvalue weighted by molar-refractivity contribution is 14.1. The molecule has 1 aliphatic heterocycles. The maximum Gasteiger partial charge on any atom is 0.264 e. The summed E-state index contributed by atoms with van der Waals surface area (Å²) in [6.07, 6.45) is 1.87. The first kappa shape index (κ1) is 24.5. The lowest BCUT2D eigenvalue weighted by Crippen LogP contribution is -2.19. The second kappa shape index (κ2) is 10.8. The topological polar surface area (TPSA) is 50.7 Å². The van der Waals surface area contributed by atoms with Crippen molar-refractivity contribution < 1.29 is 9.53 Å². The molecule has 1 aliphatic rings. The molecule has 168 valence electrons. The van der Waals surface area contributed by atoms with E-state index in [1.807, 2.05) is 74.5 Å². The molecule has 1 N–H and O–H groups in total. The van der Waals surface area contributed by atoms with Crippen molar-refractivity contribution in [3.8, 4) is 5.75 Å². The van der Waals surface area contributed by atoms with Gasteiger partial charge in [0.25, 0.3) is 5.91 Å². The quantitative estimate of drug-likeness (QED) is 0.218. The van der Waals surface area contributed by atoms with E-state index < -0.39 is 0 Å². The predicted molar refractivity (Wildman–Crippen MR) is 152 cm³/mol. The molecule has 33 heavy (non-hydrogen) atoms. The Labute approximate surface area is 227 Å². The van der Waals surface area contributed by atoms with Crippen molar-refractivity contribution in [1.82, 2.24) is 5.32 Å². The van der Waals surface area contributed by atoms with E-state index in [-0.39, 0.29) is 5.91 Å². The monoisotopic (exact) mass is 696 g/mol. The number of benzene rings is 3. The van der Waals surface area contributed by atoms with Crippen LogP contribution in [0.5, 0.6) is 5.75 Å². The van der Waals surface area contributed by atoms with Gasteiger partial charge in [-0.2, -0.15) is 0 Å². The number of amides is 1. The molecule has 3 aromatic carbocycles. The van der Waals surface area contributed by atoms with Crippen LogP contribution in [0.2, 0.25) is 0 Å². The third kappa shape index (κ3) is 6.09. The number of aryl methyl sites for hydroxylation is 2. The van der Waals surface area contributed by atoms with E-state index in [1.165, 1.54) is 11.8 Å². The Morgan fingerprint density at radius 1 is 1.09 bits per heavy atom. The smallest absolute Gasteiger partial charge is 0.264 e. The van der Waals surface area contributed by atoms with Gasteiger partial charge in [-0.3, -0.25) is 4.79 Å². The van der Waals surface area contributed by atoms with Gasteiger partial charge in [-0.15, -0.1) is 0 Å². The van der Waals surface area contributed by atoms with Gasteiger partial charge in [0.1, 0.15) is 12.4 Å². The minimum Gasteiger partial charge on any atom is -0.487 e. The maximum absolute atomic E-state index is 12.5. The summed E-state index contributed by atoms with van der Waals surface area (Å²) in [6.45, 7) is 4.54. The number of thioether (sulfide) groups is 1. The molecule has 0 radical (unpaired) electrons. The van der Waals surface area contributed by atoms with Crippen molar-refractivity contribution in [2.24, 2.45) is 4.99 Å². The molecule has 8 heteroatoms. The maximum atomic E-state index is 12.5. The predicted octanol–water partition coefficient (Wildman–Crippen LogP) is 7.90. The Morgan fingerprint density at radius 2 is 1.79 bits per heavy atom. The second-order valence-electron chi connectivity index (χ2n) is 7.46. The zero-order valence-electron chi connectivity index (χ0n) is 17.8. The fourth-order valence-corrected chi connectivity index (χ4v) is 6.11. The van der Waals surface area contributed by atoms with Crippen LogP contribution in [0.1, 0.15) is 22.3 Å². The van der Waals surface area contributed by atoms with Gasteiger partial charge in [-0.25, -0.2) is 4.99 Å². The van der Waals surface area contributed by atoms with Crippen LogP contribution >= 0.6 is 66.2 Å². The molecule has 0 atom stereocenters. The van der Waals surface area contributed by atoms with Gasteiger partial charge < -0.3 is 10.1 Å². The minimum absolute atomic E-state index is 0.153. The number of halogens is 3. The number of rotatable bonds is 5. The van der Waals surface area contributed by atoms with Crippen LogP contribution in [0.25, 0.3) is 6.08 Å². The fourth-order valence-electron chi connectivity index (χ4n) is 3.27. The Morgan fingerprint density at radius 3 is 2.45 bits per heavy atom. The first-order valence-corrected chi connectivity index (χ1v) is 13.5. The van der Waals surface area contributed by atoms with Crippen LogP contribution in [0.4, 0.5) is 5.69 Å². The van der Waals surface area contributed by atoms with Crippen LogP contribution in [0.3, 0.4) is 0 Å². The lowest BCUT2D eigenvalue weighted by Gasteiger charge is -2.11. The van der Waals surface area contributed by atoms with Crippen molar-refractivity contribution in [3.63, 3.8) is 0 Å². The number of nitrogens with one attached hydrogen (secondary N) is 1. The summed E-state index contributed by atoms with van der Waals surface area (Å²) in [5.41, 5.74) is 5.04. The van der Waals surface area contributed by atoms with Crippen LogP contribution in [-0.2, 0) is 11.4 Å². The van der Waals surface area contributed by atoms with E-state index in [4.69, 9.17) is 4.74 Å². The van der Waals surface area contributed by atoms with Crippen LogP contribution in [-0.4, -0.2) is 11.1 Å². The number of hydrogen-bond acceptors (Lipinski definition) is 4. The van der Waals surface area contributed by atoms with Crippen molar-refractivity contribution in [2.45, 2.75) is 20.5 Å². The number of nitrogens with zero attached hydrogens (tertiary/aromatic N) is 1. The van der Waals surface area contributed by atoms with Gasteiger partial charge in [0.2, 0.25) is 0 Å². The number of amidine groups is 1. The van der Waals surface area contributed by atoms with E-state index >= 15 is 0 Å². The summed E-state index contributed by atoms with van der Waals surface area (Å²) in [4.78, 5) is 17.8. The molecule has 0 bridgehead atoms. The standard InChI is InChI=1S/C25H19Br2IN2O2S/c1-14-8-18(9-15(2)22(14)27)29-25-30-24(31)21(33-25)12-17-10-19(26)23(20(28)11-17)32-13-16-6-4-3-5-7-16/h3-12H,13H2,1-2H3,(H,29,30,31)/b21-12-. The number of ether oxygens (including phenoxy) is 1. The van der Waals surface area contributed by atoms with Crippen molar-refractivity contribution in [2.75, 3.05) is 0 Å². The summed E-state index contributed by atoms with van der Waals surface area (Å²) >= 11 is 10.8. The van der Waals surface area contributed by atoms with Gasteiger partial charge in [0.05, 0.1) is 18.6 Å². The summed E-state index contributed by atoms with van der Waals surface area (Å²) in [7, 11) is 0. The Bertz CT molecular complexity index is 1250. The number of carbonyl (C=O) groups is 1. The van der Waals surface area contributed by atoms with Gasteiger partial charge in [0, 0.05) is 4.47 Å². The average Bonchev–Trinajstić information content (AvgIpc) is 3.10. The molecule has 4 nitrogen and oxygen atoms in total. The highest BCUT2D eigenvalue weighted by Gasteiger charge is 2.24. The molecule has 4 rings (SSSR count). The van der Waals surface area contributed by atoms with Crippen molar-refractivity contribution in [3.05, 3.63) is 94.3 Å². The summed E-state index contributed by atoms with van der Waals surface area (Å²) < 4.78 is 8.91. The van der Waals surface area contributed by atoms with Crippen LogP contribution < -0.4 is 10.1 Å². The van der Waals surface area contributed by atoms with E-state index in [1.54, 1.807) is 0 Å². The molecule has 0 unspecified atom stereocenters. The first-order valence-electron chi connectivity index (χ1n) is 10.0. The van der Waals surface area contributed by atoms with E-state index in [0.29, 0.717) is 16.7 Å². The molecule has 0 saturated carbocycles. The first-order chi connectivity index (χ1) is 15.8. The molecular weight excluding hydrogens is 679 g/mol. The molecule has 0 aromatic heterocycles. The number of hydrogen-bond donors (Lipinski definition) is 1. The molecule has 1 saturated heterocycles. The van der Waals surface area contributed by atoms with Gasteiger partial charge in [0.15, 0.2) is 5.17 Å². The Hall–Kier alpha value is -1.62. The highest BCUT2D eigenvalue weighted by atomic mass is 127. The largest absolute Gasteiger partial charge is 0.487 e. The number of aliphatic imine (C=N–C) groups is 1. The zero-order chi connectivity index (χ0) is 23.5. The van der Waals surface area contributed by atoms with Gasteiger partial charge in [-0.1, -0.05) is 46.3 Å². The van der Waals surface area contributed by atoms with Crippen LogP contribution in [0.15, 0.2) is 73.4 Å². The molecular formula is C25H19Br2IN2O2S. The van der Waals surface area contributed by atoms with Gasteiger partial charge in [-0.05, 0) is 117 Å². The minimum atomic E-state index is -0.153. The number of carbonyl (C=O) groups excluding carboxylic acids is 1. The average molecular weight is 698 g/mol. The molecule has 1 fully saturated rings. The van der Waals surface area contributed by atoms with Crippen LogP contribution in [0, 0.1) is 17.4 Å². The summed E-state index contributed by atoms with van der Waals surface area (Å²) in [5, 5.41) is 3.43. The van der Waals surface area contributed by atoms with E-state index in [0.717, 1.165) is 46.2 Å². The third-order valence-electron chi connectivity index (χ3n) is 4.85.